The maximum atomic E-state index is 10.0. The van der Waals surface area contributed by atoms with Gasteiger partial charge < -0.3 is 10.4 Å². The number of hydrogen-bond donors (Lipinski definition) is 2. The summed E-state index contributed by atoms with van der Waals surface area (Å²) >= 11 is 3.09. The van der Waals surface area contributed by atoms with Crippen molar-refractivity contribution in [3.63, 3.8) is 0 Å². The molecule has 0 saturated heterocycles. The first-order valence-corrected chi connectivity index (χ1v) is 8.76. The fourth-order valence-corrected chi connectivity index (χ4v) is 3.98. The van der Waals surface area contributed by atoms with Gasteiger partial charge in [0, 0.05) is 11.8 Å². The Morgan fingerprint density at radius 3 is 2.67 bits per heavy atom. The maximum absolute atomic E-state index is 10.0. The molecule has 0 aliphatic heterocycles. The van der Waals surface area contributed by atoms with Crippen LogP contribution >= 0.6 is 23.3 Å². The first kappa shape index (κ1) is 16.4. The molecule has 0 bridgehead atoms. The van der Waals surface area contributed by atoms with Crippen LogP contribution in [0.2, 0.25) is 0 Å². The molecule has 0 aliphatic rings. The summed E-state index contributed by atoms with van der Waals surface area (Å²) in [6.07, 6.45) is 2.41. The van der Waals surface area contributed by atoms with E-state index in [1.807, 2.05) is 18.2 Å². The summed E-state index contributed by atoms with van der Waals surface area (Å²) in [5.74, 6) is 0.879. The third-order valence-electron chi connectivity index (χ3n) is 3.26. The third kappa shape index (κ3) is 4.51. The van der Waals surface area contributed by atoms with E-state index in [0.717, 1.165) is 22.1 Å². The monoisotopic (exact) mass is 323 g/mol. The minimum Gasteiger partial charge on any atom is -0.394 e. The third-order valence-corrected chi connectivity index (χ3v) is 5.06. The zero-order valence-corrected chi connectivity index (χ0v) is 14.0. The number of nitrogens with zero attached hydrogens (tertiary/aromatic N) is 2. The number of aliphatic hydroxyl groups is 1. The fraction of sp³-hybridized carbons (Fsp3) is 0.467. The molecule has 1 aromatic carbocycles. The van der Waals surface area contributed by atoms with Crippen molar-refractivity contribution in [2.24, 2.45) is 0 Å². The van der Waals surface area contributed by atoms with Crippen molar-refractivity contribution in [2.75, 3.05) is 12.4 Å². The molecular weight excluding hydrogens is 302 g/mol. The Bertz CT molecular complexity index is 519. The molecule has 6 heteroatoms. The number of hydrogen-bond acceptors (Lipinski definition) is 6. The number of aliphatic hydroxyl groups excluding tert-OH is 1. The number of thioether (sulfide) groups is 1. The Labute approximate surface area is 134 Å². The number of nitrogens with one attached hydrogen (secondary N) is 1. The predicted octanol–water partition coefficient (Wildman–Crippen LogP) is 2.91. The molecule has 0 radical (unpaired) electrons. The molecule has 2 aromatic rings. The summed E-state index contributed by atoms with van der Waals surface area (Å²) in [5, 5.41) is 13.6. The van der Waals surface area contributed by atoms with Crippen molar-refractivity contribution in [3.8, 4) is 0 Å². The second kappa shape index (κ2) is 7.89. The largest absolute Gasteiger partial charge is 0.394 e. The molecule has 1 heterocycles. The van der Waals surface area contributed by atoms with Gasteiger partial charge in [0.2, 0.25) is 0 Å². The lowest BCUT2D eigenvalue weighted by Gasteiger charge is -2.35. The van der Waals surface area contributed by atoms with Crippen molar-refractivity contribution in [1.29, 1.82) is 0 Å². The summed E-state index contributed by atoms with van der Waals surface area (Å²) < 4.78 is 4.98. The summed E-state index contributed by atoms with van der Waals surface area (Å²) in [4.78, 5) is 4.18. The lowest BCUT2D eigenvalue weighted by Crippen LogP contribution is -2.49. The van der Waals surface area contributed by atoms with Crippen molar-refractivity contribution >= 4 is 23.3 Å². The van der Waals surface area contributed by atoms with Gasteiger partial charge in [-0.15, -0.1) is 0 Å². The van der Waals surface area contributed by atoms with E-state index < -0.39 is 5.54 Å². The van der Waals surface area contributed by atoms with Crippen LogP contribution in [-0.2, 0) is 5.54 Å². The smallest absolute Gasteiger partial charge is 0.169 e. The van der Waals surface area contributed by atoms with Gasteiger partial charge in [0.05, 0.1) is 12.1 Å². The van der Waals surface area contributed by atoms with E-state index in [1.54, 1.807) is 18.1 Å². The van der Waals surface area contributed by atoms with E-state index >= 15 is 0 Å². The van der Waals surface area contributed by atoms with E-state index in [9.17, 15) is 5.11 Å². The maximum Gasteiger partial charge on any atom is 0.169 e. The summed E-state index contributed by atoms with van der Waals surface area (Å²) in [5.41, 5.74) is 0.715. The molecule has 1 aromatic heterocycles. The highest BCUT2D eigenvalue weighted by atomic mass is 32.2. The summed E-state index contributed by atoms with van der Waals surface area (Å²) in [6.45, 7) is 4.28. The molecule has 0 aliphatic carbocycles. The molecule has 0 fully saturated rings. The van der Waals surface area contributed by atoms with Crippen molar-refractivity contribution in [1.82, 2.24) is 14.7 Å². The highest BCUT2D eigenvalue weighted by Crippen LogP contribution is 2.29. The molecule has 0 spiro atoms. The van der Waals surface area contributed by atoms with E-state index in [2.05, 4.69) is 40.7 Å². The molecule has 2 N–H and O–H groups in total. The van der Waals surface area contributed by atoms with Gasteiger partial charge in [0.15, 0.2) is 4.34 Å². The molecule has 2 rings (SSSR count). The highest BCUT2D eigenvalue weighted by molar-refractivity contribution is 8.00. The topological polar surface area (TPSA) is 58.0 Å². The average molecular weight is 323 g/mol. The Morgan fingerprint density at radius 2 is 2.10 bits per heavy atom. The van der Waals surface area contributed by atoms with Crippen LogP contribution in [0, 0.1) is 0 Å². The highest BCUT2D eigenvalue weighted by Gasteiger charge is 2.31. The molecule has 0 saturated carbocycles. The van der Waals surface area contributed by atoms with Crippen LogP contribution in [0.15, 0.2) is 41.0 Å². The Balaban J connectivity index is 2.11. The zero-order valence-electron chi connectivity index (χ0n) is 12.3. The van der Waals surface area contributed by atoms with Crippen molar-refractivity contribution < 1.29 is 5.11 Å². The number of aromatic nitrogens is 2. The van der Waals surface area contributed by atoms with Gasteiger partial charge in [-0.3, -0.25) is 0 Å². The van der Waals surface area contributed by atoms with E-state index in [0.29, 0.717) is 6.04 Å². The Hall–Kier alpha value is -0.950. The molecule has 0 amide bonds. The van der Waals surface area contributed by atoms with E-state index in [4.69, 9.17) is 0 Å². The summed E-state index contributed by atoms with van der Waals surface area (Å²) in [6, 6.07) is 10.5. The average Bonchev–Trinajstić information content (AvgIpc) is 3.00. The molecular formula is C15H21N3OS2. The van der Waals surface area contributed by atoms with Crippen LogP contribution in [0.4, 0.5) is 0 Å². The second-order valence-corrected chi connectivity index (χ2v) is 7.33. The molecule has 4 nitrogen and oxygen atoms in total. The van der Waals surface area contributed by atoms with Gasteiger partial charge in [-0.2, -0.15) is 4.37 Å². The lowest BCUT2D eigenvalue weighted by atomic mass is 9.87. The van der Waals surface area contributed by atoms with Gasteiger partial charge in [-0.25, -0.2) is 4.98 Å². The molecule has 21 heavy (non-hydrogen) atoms. The summed E-state index contributed by atoms with van der Waals surface area (Å²) in [7, 11) is 0. The lowest BCUT2D eigenvalue weighted by molar-refractivity contribution is 0.147. The van der Waals surface area contributed by atoms with E-state index in [1.165, 1.54) is 11.5 Å². The van der Waals surface area contributed by atoms with Gasteiger partial charge in [-0.05, 0) is 37.4 Å². The fourth-order valence-electron chi connectivity index (χ4n) is 2.36. The van der Waals surface area contributed by atoms with Gasteiger partial charge in [0.1, 0.15) is 6.33 Å². The van der Waals surface area contributed by atoms with Crippen LogP contribution < -0.4 is 5.32 Å². The standard InChI is InChI=1S/C15H21N3OS2/c1-12(2)18-15(10-19,13-6-4-3-5-7-13)8-9-20-14-16-11-17-21-14/h3-7,11-12,18-19H,8-10H2,1-2H3. The van der Waals surface area contributed by atoms with E-state index in [-0.39, 0.29) is 6.61 Å². The van der Waals surface area contributed by atoms with Crippen molar-refractivity contribution in [2.45, 2.75) is 36.2 Å². The van der Waals surface area contributed by atoms with Crippen LogP contribution in [0.5, 0.6) is 0 Å². The first-order chi connectivity index (χ1) is 10.2. The van der Waals surface area contributed by atoms with Gasteiger partial charge in [-0.1, -0.05) is 42.1 Å². The van der Waals surface area contributed by atoms with Crippen LogP contribution in [0.1, 0.15) is 25.8 Å². The molecule has 114 valence electrons. The van der Waals surface area contributed by atoms with Crippen LogP contribution in [-0.4, -0.2) is 32.9 Å². The second-order valence-electron chi connectivity index (χ2n) is 5.21. The minimum absolute atomic E-state index is 0.0753. The molecule has 1 unspecified atom stereocenters. The Kier molecular flexibility index (Phi) is 6.17. The van der Waals surface area contributed by atoms with Crippen molar-refractivity contribution in [3.05, 3.63) is 42.2 Å². The number of benzene rings is 1. The normalized spacial score (nSPS) is 14.3. The quantitative estimate of drug-likeness (QED) is 0.732. The predicted molar refractivity (Wildman–Crippen MR) is 88.7 cm³/mol. The van der Waals surface area contributed by atoms with Gasteiger partial charge in [0.25, 0.3) is 0 Å². The minimum atomic E-state index is -0.410. The molecule has 1 atom stereocenters. The van der Waals surface area contributed by atoms with Crippen LogP contribution in [0.3, 0.4) is 0 Å². The first-order valence-electron chi connectivity index (χ1n) is 7.00. The van der Waals surface area contributed by atoms with Gasteiger partial charge >= 0.3 is 0 Å². The van der Waals surface area contributed by atoms with Crippen LogP contribution in [0.25, 0.3) is 0 Å². The SMILES string of the molecule is CC(C)NC(CO)(CCSc1ncns1)c1ccccc1. The zero-order chi connectivity index (χ0) is 15.1. The number of rotatable bonds is 8. The Morgan fingerprint density at radius 1 is 1.33 bits per heavy atom.